The van der Waals surface area contributed by atoms with Crippen LogP contribution in [0.4, 0.5) is 17.1 Å². The number of carbonyl (C=O) groups excluding carboxylic acids is 2. The number of fused-ring (bicyclic) bond motifs is 1. The van der Waals surface area contributed by atoms with E-state index in [0.29, 0.717) is 22.1 Å². The van der Waals surface area contributed by atoms with Gasteiger partial charge in [-0.1, -0.05) is 41.9 Å². The Kier molecular flexibility index (Phi) is 5.67. The van der Waals surface area contributed by atoms with Crippen LogP contribution in [0.25, 0.3) is 0 Å². The molecule has 3 aromatic carbocycles. The van der Waals surface area contributed by atoms with Crippen LogP contribution in [0.2, 0.25) is 5.02 Å². The third kappa shape index (κ3) is 4.26. The molecule has 31 heavy (non-hydrogen) atoms. The maximum Gasteiger partial charge on any atom is 0.265 e. The highest BCUT2D eigenvalue weighted by atomic mass is 35.5. The van der Waals surface area contributed by atoms with Gasteiger partial charge in [0.05, 0.1) is 22.7 Å². The summed E-state index contributed by atoms with van der Waals surface area (Å²) in [6.07, 6.45) is -0.366. The van der Waals surface area contributed by atoms with E-state index >= 15 is 0 Å². The van der Waals surface area contributed by atoms with Gasteiger partial charge in [0.1, 0.15) is 6.04 Å². The van der Waals surface area contributed by atoms with E-state index < -0.39 is 27.9 Å². The summed E-state index contributed by atoms with van der Waals surface area (Å²) >= 11 is 5.86. The Morgan fingerprint density at radius 2 is 1.61 bits per heavy atom. The van der Waals surface area contributed by atoms with Crippen molar-refractivity contribution >= 4 is 50.5 Å². The van der Waals surface area contributed by atoms with Crippen molar-refractivity contribution in [2.45, 2.75) is 17.4 Å². The smallest absolute Gasteiger partial charge is 0.265 e. The van der Waals surface area contributed by atoms with Crippen LogP contribution in [0.3, 0.4) is 0 Å². The zero-order valence-corrected chi connectivity index (χ0v) is 17.7. The molecule has 1 atom stereocenters. The lowest BCUT2D eigenvalue weighted by atomic mass is 10.1. The van der Waals surface area contributed by atoms with Crippen LogP contribution < -0.4 is 14.9 Å². The first kappa shape index (κ1) is 20.9. The Bertz CT molecular complexity index is 1230. The average Bonchev–Trinajstić information content (AvgIpc) is 2.76. The predicted molar refractivity (Wildman–Crippen MR) is 120 cm³/mol. The molecule has 2 amide bonds. The third-order valence-corrected chi connectivity index (χ3v) is 6.88. The molecule has 2 N–H and O–H groups in total. The molecule has 9 heteroatoms. The molecule has 1 aliphatic rings. The van der Waals surface area contributed by atoms with E-state index in [2.05, 4.69) is 10.6 Å². The standard InChI is InChI=1S/C22H18ClN3O4S/c23-15-10-12-16(13-11-15)24-21(27)14-20-22(28)25-18-8-4-5-9-19(18)26(20)31(29,30)17-6-2-1-3-7-17/h1-13,20H,14H2,(H,24,27)(H,25,28). The van der Waals surface area contributed by atoms with E-state index in [4.69, 9.17) is 11.6 Å². The number of amides is 2. The van der Waals surface area contributed by atoms with Crippen molar-refractivity contribution in [1.82, 2.24) is 0 Å². The highest BCUT2D eigenvalue weighted by Crippen LogP contribution is 2.37. The molecule has 4 rings (SSSR count). The quantitative estimate of drug-likeness (QED) is 0.610. The highest BCUT2D eigenvalue weighted by molar-refractivity contribution is 7.93. The van der Waals surface area contributed by atoms with Crippen molar-refractivity contribution in [3.63, 3.8) is 0 Å². The SMILES string of the molecule is O=C(CC1C(=O)Nc2ccccc2N1S(=O)(=O)c1ccccc1)Nc1ccc(Cl)cc1. The Morgan fingerprint density at radius 1 is 0.968 bits per heavy atom. The highest BCUT2D eigenvalue weighted by Gasteiger charge is 2.41. The summed E-state index contributed by atoms with van der Waals surface area (Å²) in [6, 6.07) is 19.6. The van der Waals surface area contributed by atoms with Crippen molar-refractivity contribution in [2.75, 3.05) is 14.9 Å². The summed E-state index contributed by atoms with van der Waals surface area (Å²) in [5, 5.41) is 5.89. The largest absolute Gasteiger partial charge is 0.326 e. The van der Waals surface area contributed by atoms with E-state index in [1.807, 2.05) is 0 Å². The van der Waals surface area contributed by atoms with E-state index in [1.54, 1.807) is 66.7 Å². The normalized spacial score (nSPS) is 15.7. The van der Waals surface area contributed by atoms with Crippen molar-refractivity contribution in [3.05, 3.63) is 83.9 Å². The average molecular weight is 456 g/mol. The van der Waals surface area contributed by atoms with E-state index in [9.17, 15) is 18.0 Å². The van der Waals surface area contributed by atoms with Gasteiger partial charge in [0.2, 0.25) is 11.8 Å². The summed E-state index contributed by atoms with van der Waals surface area (Å²) in [4.78, 5) is 25.6. The predicted octanol–water partition coefficient (Wildman–Crippen LogP) is 3.88. The van der Waals surface area contributed by atoms with Gasteiger partial charge in [-0.25, -0.2) is 8.42 Å². The summed E-state index contributed by atoms with van der Waals surface area (Å²) in [6.45, 7) is 0. The van der Waals surface area contributed by atoms with Crippen LogP contribution in [0.15, 0.2) is 83.8 Å². The molecule has 0 aliphatic carbocycles. The number of sulfonamides is 1. The van der Waals surface area contributed by atoms with E-state index in [-0.39, 0.29) is 11.3 Å². The zero-order chi connectivity index (χ0) is 22.0. The Hall–Kier alpha value is -3.36. The summed E-state index contributed by atoms with van der Waals surface area (Å²) < 4.78 is 28.0. The van der Waals surface area contributed by atoms with Crippen molar-refractivity contribution in [1.29, 1.82) is 0 Å². The van der Waals surface area contributed by atoms with Gasteiger partial charge in [-0.2, -0.15) is 0 Å². The van der Waals surface area contributed by atoms with Crippen LogP contribution in [0.1, 0.15) is 6.42 Å². The molecular weight excluding hydrogens is 438 g/mol. The lowest BCUT2D eigenvalue weighted by Crippen LogP contribution is -2.52. The second-order valence-corrected chi connectivity index (χ2v) is 9.15. The van der Waals surface area contributed by atoms with Crippen molar-refractivity contribution in [3.8, 4) is 0 Å². The monoisotopic (exact) mass is 455 g/mol. The second-order valence-electron chi connectivity index (χ2n) is 6.90. The minimum atomic E-state index is -4.11. The number of anilines is 3. The maximum atomic E-state index is 13.5. The molecule has 0 fully saturated rings. The number of nitrogens with one attached hydrogen (secondary N) is 2. The van der Waals surface area contributed by atoms with Gasteiger partial charge in [-0.15, -0.1) is 0 Å². The molecule has 1 aliphatic heterocycles. The van der Waals surface area contributed by atoms with Gasteiger partial charge in [0.25, 0.3) is 10.0 Å². The molecule has 3 aromatic rings. The van der Waals surface area contributed by atoms with Crippen LogP contribution >= 0.6 is 11.6 Å². The number of para-hydroxylation sites is 2. The number of nitrogens with zero attached hydrogens (tertiary/aromatic N) is 1. The van der Waals surface area contributed by atoms with Gasteiger partial charge in [0.15, 0.2) is 0 Å². The zero-order valence-electron chi connectivity index (χ0n) is 16.2. The van der Waals surface area contributed by atoms with Gasteiger partial charge >= 0.3 is 0 Å². The van der Waals surface area contributed by atoms with Crippen molar-refractivity contribution in [2.24, 2.45) is 0 Å². The molecule has 1 heterocycles. The van der Waals surface area contributed by atoms with Crippen molar-refractivity contribution < 1.29 is 18.0 Å². The fraction of sp³-hybridized carbons (Fsp3) is 0.0909. The summed E-state index contributed by atoms with van der Waals surface area (Å²) in [5.41, 5.74) is 1.15. The molecule has 1 unspecified atom stereocenters. The fourth-order valence-corrected chi connectivity index (χ4v) is 5.14. The Balaban J connectivity index is 1.70. The number of halogens is 1. The van der Waals surface area contributed by atoms with Crippen LogP contribution in [-0.4, -0.2) is 26.3 Å². The maximum absolute atomic E-state index is 13.5. The molecule has 0 saturated heterocycles. The molecule has 0 bridgehead atoms. The Labute approximate surface area is 184 Å². The number of hydrogen-bond donors (Lipinski definition) is 2. The van der Waals surface area contributed by atoms with E-state index in [0.717, 1.165) is 4.31 Å². The second kappa shape index (κ2) is 8.41. The molecule has 0 spiro atoms. The van der Waals surface area contributed by atoms with Gasteiger partial charge in [0, 0.05) is 10.7 Å². The Morgan fingerprint density at radius 3 is 2.32 bits per heavy atom. The summed E-state index contributed by atoms with van der Waals surface area (Å²) in [7, 11) is -4.11. The molecule has 158 valence electrons. The minimum Gasteiger partial charge on any atom is -0.326 e. The summed E-state index contributed by atoms with van der Waals surface area (Å²) in [5.74, 6) is -1.08. The number of hydrogen-bond acceptors (Lipinski definition) is 4. The molecule has 0 radical (unpaired) electrons. The number of carbonyl (C=O) groups is 2. The van der Waals surface area contributed by atoms with Gasteiger partial charge < -0.3 is 10.6 Å². The number of rotatable bonds is 5. The minimum absolute atomic E-state index is 0.0302. The first-order valence-electron chi connectivity index (χ1n) is 9.41. The van der Waals surface area contributed by atoms with Gasteiger partial charge in [-0.05, 0) is 48.5 Å². The fourth-order valence-electron chi connectivity index (χ4n) is 3.36. The molecular formula is C22H18ClN3O4S. The molecule has 0 aromatic heterocycles. The van der Waals surface area contributed by atoms with Crippen LogP contribution in [-0.2, 0) is 19.6 Å². The molecule has 0 saturated carbocycles. The first-order valence-corrected chi connectivity index (χ1v) is 11.2. The lowest BCUT2D eigenvalue weighted by Gasteiger charge is -2.36. The van der Waals surface area contributed by atoms with Crippen LogP contribution in [0, 0.1) is 0 Å². The van der Waals surface area contributed by atoms with Gasteiger partial charge in [-0.3, -0.25) is 13.9 Å². The lowest BCUT2D eigenvalue weighted by molar-refractivity contribution is -0.122. The molecule has 7 nitrogen and oxygen atoms in total. The topological polar surface area (TPSA) is 95.6 Å². The van der Waals surface area contributed by atoms with Crippen LogP contribution in [0.5, 0.6) is 0 Å². The third-order valence-electron chi connectivity index (χ3n) is 4.79. The van der Waals surface area contributed by atoms with E-state index in [1.165, 1.54) is 12.1 Å². The number of benzene rings is 3. The first-order chi connectivity index (χ1) is 14.9.